The minimum Gasteiger partial charge on any atom is -0.366 e. The Balaban J connectivity index is 4.26. The number of ketones is 1. The Kier molecular flexibility index (Phi) is 5.46. The van der Waals surface area contributed by atoms with Crippen LogP contribution in [-0.4, -0.2) is 28.4 Å². The molecule has 7 heteroatoms. The fourth-order valence-corrected chi connectivity index (χ4v) is 1.44. The summed E-state index contributed by atoms with van der Waals surface area (Å²) in [6, 6.07) is 0. The summed E-state index contributed by atoms with van der Waals surface area (Å²) in [6.45, 7) is 1.84. The molecule has 0 amide bonds. The van der Waals surface area contributed by atoms with Gasteiger partial charge in [-0.05, 0) is 6.92 Å². The van der Waals surface area contributed by atoms with E-state index in [2.05, 4.69) is 31.9 Å². The van der Waals surface area contributed by atoms with E-state index in [-0.39, 0.29) is 6.61 Å². The molecule has 0 bridgehead atoms. The topological polar surface area (TPSA) is 26.3 Å². The van der Waals surface area contributed by atoms with E-state index in [0.717, 1.165) is 0 Å². The molecule has 2 atom stereocenters. The molecule has 0 aromatic heterocycles. The fourth-order valence-electron chi connectivity index (χ4n) is 0.519. The van der Waals surface area contributed by atoms with Crippen LogP contribution in [0.2, 0.25) is 0 Å². The maximum Gasteiger partial charge on any atom is 0.451 e. The summed E-state index contributed by atoms with van der Waals surface area (Å²) in [7, 11) is 0. The van der Waals surface area contributed by atoms with Crippen LogP contribution in [0, 0.1) is 0 Å². The number of carbonyl (C=O) groups excluding carboxylic acids is 1. The van der Waals surface area contributed by atoms with Crippen molar-refractivity contribution in [1.29, 1.82) is 0 Å². The number of alkyl halides is 5. The summed E-state index contributed by atoms with van der Waals surface area (Å²) in [5, 5.41) is -0.966. The van der Waals surface area contributed by atoms with Crippen LogP contribution in [0.3, 0.4) is 0 Å². The van der Waals surface area contributed by atoms with Crippen LogP contribution in [0.1, 0.15) is 6.92 Å². The highest BCUT2D eigenvalue weighted by molar-refractivity contribution is 9.12. The molecular weight excluding hydrogens is 321 g/mol. The molecule has 0 heterocycles. The van der Waals surface area contributed by atoms with Crippen LogP contribution in [0.4, 0.5) is 13.2 Å². The molecule has 0 aliphatic heterocycles. The molecule has 0 rings (SSSR count). The summed E-state index contributed by atoms with van der Waals surface area (Å²) in [5.74, 6) is -1.86. The molecule has 0 N–H and O–H groups in total. The number of halogens is 5. The summed E-state index contributed by atoms with van der Waals surface area (Å²) in [4.78, 5) is 9.19. The lowest BCUT2D eigenvalue weighted by atomic mass is 10.3. The van der Waals surface area contributed by atoms with Crippen LogP contribution < -0.4 is 0 Å². The van der Waals surface area contributed by atoms with Crippen LogP contribution >= 0.6 is 31.9 Å². The first-order valence-corrected chi connectivity index (χ1v) is 5.14. The maximum atomic E-state index is 11.8. The number of carbonyl (C=O) groups is 1. The standard InChI is InChI=1S/C6H7Br2F3O2/c1-2-13-5(8)3(7)4(12)6(9,10)11/h3,5H,2H2,1H3/t3-,5-/m1/s1. The number of Topliss-reactive ketones (excluding diaryl/α,β-unsaturated/α-hetero) is 1. The number of hydrogen-bond donors (Lipinski definition) is 0. The molecule has 78 valence electrons. The molecule has 0 saturated heterocycles. The van der Waals surface area contributed by atoms with Crippen LogP contribution in [0.15, 0.2) is 0 Å². The van der Waals surface area contributed by atoms with Crippen molar-refractivity contribution >= 4 is 37.6 Å². The number of rotatable bonds is 4. The van der Waals surface area contributed by atoms with E-state index in [1.807, 2.05) is 0 Å². The zero-order valence-corrected chi connectivity index (χ0v) is 9.74. The molecule has 0 fully saturated rings. The van der Waals surface area contributed by atoms with Gasteiger partial charge in [0.2, 0.25) is 0 Å². The lowest BCUT2D eigenvalue weighted by Crippen LogP contribution is -2.36. The van der Waals surface area contributed by atoms with Crippen molar-refractivity contribution in [3.63, 3.8) is 0 Å². The molecular formula is C6H7Br2F3O2. The van der Waals surface area contributed by atoms with Gasteiger partial charge in [0, 0.05) is 6.61 Å². The van der Waals surface area contributed by atoms with E-state index < -0.39 is 21.8 Å². The van der Waals surface area contributed by atoms with Crippen molar-refractivity contribution in [1.82, 2.24) is 0 Å². The summed E-state index contributed by atoms with van der Waals surface area (Å²) >= 11 is 5.41. The molecule has 0 radical (unpaired) electrons. The van der Waals surface area contributed by atoms with Gasteiger partial charge >= 0.3 is 6.18 Å². The molecule has 2 nitrogen and oxygen atoms in total. The summed E-state index contributed by atoms with van der Waals surface area (Å²) in [5.41, 5.74) is 0. The van der Waals surface area contributed by atoms with Crippen molar-refractivity contribution in [3.8, 4) is 0 Å². The highest BCUT2D eigenvalue weighted by atomic mass is 79.9. The van der Waals surface area contributed by atoms with Crippen LogP contribution in [0.25, 0.3) is 0 Å². The molecule has 0 aromatic carbocycles. The minimum absolute atomic E-state index is 0.225. The van der Waals surface area contributed by atoms with Gasteiger partial charge in [-0.15, -0.1) is 0 Å². The minimum atomic E-state index is -4.84. The third kappa shape index (κ3) is 4.42. The third-order valence-corrected chi connectivity index (χ3v) is 3.48. The van der Waals surface area contributed by atoms with E-state index in [0.29, 0.717) is 0 Å². The quantitative estimate of drug-likeness (QED) is 0.742. The number of hydrogen-bond acceptors (Lipinski definition) is 2. The lowest BCUT2D eigenvalue weighted by Gasteiger charge is -2.16. The highest BCUT2D eigenvalue weighted by Crippen LogP contribution is 2.26. The van der Waals surface area contributed by atoms with Crippen molar-refractivity contribution in [3.05, 3.63) is 0 Å². The highest BCUT2D eigenvalue weighted by Gasteiger charge is 2.44. The molecule has 0 aromatic rings. The van der Waals surface area contributed by atoms with Crippen molar-refractivity contribution in [2.45, 2.75) is 22.9 Å². The molecule has 0 aliphatic carbocycles. The second-order valence-electron chi connectivity index (χ2n) is 2.07. The van der Waals surface area contributed by atoms with Crippen molar-refractivity contribution in [2.24, 2.45) is 0 Å². The molecule has 0 saturated carbocycles. The Morgan fingerprint density at radius 3 is 2.23 bits per heavy atom. The van der Waals surface area contributed by atoms with Crippen molar-refractivity contribution in [2.75, 3.05) is 6.61 Å². The van der Waals surface area contributed by atoms with Gasteiger partial charge < -0.3 is 4.74 Å². The van der Waals surface area contributed by atoms with Gasteiger partial charge in [-0.3, -0.25) is 4.79 Å². The average molecular weight is 328 g/mol. The Hall–Kier alpha value is 0.380. The third-order valence-electron chi connectivity index (χ3n) is 1.09. The largest absolute Gasteiger partial charge is 0.451 e. The Labute approximate surface area is 90.1 Å². The predicted molar refractivity (Wildman–Crippen MR) is 48.1 cm³/mol. The van der Waals surface area contributed by atoms with Gasteiger partial charge in [0.25, 0.3) is 5.78 Å². The van der Waals surface area contributed by atoms with Crippen LogP contribution in [-0.2, 0) is 9.53 Å². The fraction of sp³-hybridized carbons (Fsp3) is 0.833. The van der Waals surface area contributed by atoms with Gasteiger partial charge in [0.05, 0.1) is 0 Å². The van der Waals surface area contributed by atoms with Gasteiger partial charge in [0.15, 0.2) is 0 Å². The van der Waals surface area contributed by atoms with E-state index in [1.54, 1.807) is 6.92 Å². The van der Waals surface area contributed by atoms with E-state index in [1.165, 1.54) is 0 Å². The monoisotopic (exact) mass is 326 g/mol. The van der Waals surface area contributed by atoms with E-state index in [9.17, 15) is 18.0 Å². The summed E-state index contributed by atoms with van der Waals surface area (Å²) < 4.78 is 40.3. The van der Waals surface area contributed by atoms with Gasteiger partial charge in [-0.1, -0.05) is 31.9 Å². The van der Waals surface area contributed by atoms with Crippen molar-refractivity contribution < 1.29 is 22.7 Å². The first kappa shape index (κ1) is 13.4. The van der Waals surface area contributed by atoms with Crippen LogP contribution in [0.5, 0.6) is 0 Å². The number of ether oxygens (including phenoxy) is 1. The lowest BCUT2D eigenvalue weighted by molar-refractivity contribution is -0.171. The molecule has 0 spiro atoms. The summed E-state index contributed by atoms with van der Waals surface area (Å²) in [6.07, 6.45) is -4.84. The average Bonchev–Trinajstić information content (AvgIpc) is 2.00. The normalized spacial score (nSPS) is 16.8. The molecule has 0 unspecified atom stereocenters. The van der Waals surface area contributed by atoms with Gasteiger partial charge in [-0.2, -0.15) is 13.2 Å². The Morgan fingerprint density at radius 2 is 1.92 bits per heavy atom. The van der Waals surface area contributed by atoms with Gasteiger partial charge in [0.1, 0.15) is 9.84 Å². The zero-order valence-electron chi connectivity index (χ0n) is 6.57. The maximum absolute atomic E-state index is 11.8. The Bertz CT molecular complexity index is 183. The van der Waals surface area contributed by atoms with E-state index >= 15 is 0 Å². The first-order chi connectivity index (χ1) is 5.80. The second-order valence-corrected chi connectivity index (χ2v) is 3.96. The predicted octanol–water partition coefficient (Wildman–Crippen LogP) is 2.64. The SMILES string of the molecule is CCO[C@@H](Br)[C@H](Br)C(=O)C(F)(F)F. The zero-order chi connectivity index (χ0) is 10.6. The first-order valence-electron chi connectivity index (χ1n) is 3.31. The second kappa shape index (κ2) is 5.31. The smallest absolute Gasteiger partial charge is 0.366 e. The van der Waals surface area contributed by atoms with Gasteiger partial charge in [-0.25, -0.2) is 0 Å². The van der Waals surface area contributed by atoms with E-state index in [4.69, 9.17) is 4.74 Å². The molecule has 13 heavy (non-hydrogen) atoms. The Morgan fingerprint density at radius 1 is 1.46 bits per heavy atom. The molecule has 0 aliphatic rings.